The molecule has 12 heteroatoms. The number of carbonyl (C=O) groups excluding carboxylic acids is 1. The maximum Gasteiger partial charge on any atom is 0.573 e. The van der Waals surface area contributed by atoms with E-state index < -0.39 is 46.3 Å². The molecule has 0 aromatic heterocycles. The fourth-order valence-electron chi connectivity index (χ4n) is 1.97. The van der Waals surface area contributed by atoms with E-state index in [1.165, 1.54) is 0 Å². The van der Waals surface area contributed by atoms with E-state index in [4.69, 9.17) is 16.3 Å². The van der Waals surface area contributed by atoms with Gasteiger partial charge in [-0.05, 0) is 54.1 Å². The Morgan fingerprint density at radius 2 is 1.36 bits per heavy atom. The highest BCUT2D eigenvalue weighted by molar-refractivity contribution is 6.68. The predicted molar refractivity (Wildman–Crippen MR) is 79.8 cm³/mol. The lowest BCUT2D eigenvalue weighted by Crippen LogP contribution is -2.33. The first-order valence-corrected chi connectivity index (χ1v) is 7.41. The molecule has 0 aliphatic rings. The highest BCUT2D eigenvalue weighted by Gasteiger charge is 2.58. The largest absolute Gasteiger partial charge is 0.573 e. The molecule has 2 rings (SSSR count). The van der Waals surface area contributed by atoms with Gasteiger partial charge in [-0.2, -0.15) is 22.0 Å². The van der Waals surface area contributed by atoms with Crippen LogP contribution in [0.25, 0.3) is 0 Å². The van der Waals surface area contributed by atoms with Crippen LogP contribution in [0.15, 0.2) is 42.5 Å². The van der Waals surface area contributed by atoms with Gasteiger partial charge >= 0.3 is 18.5 Å². The number of carbonyl (C=O) groups is 1. The third-order valence-electron chi connectivity index (χ3n) is 3.20. The first-order chi connectivity index (χ1) is 12.7. The lowest BCUT2D eigenvalue weighted by Gasteiger charge is -2.21. The van der Waals surface area contributed by atoms with Crippen molar-refractivity contribution in [3.05, 3.63) is 53.6 Å². The number of halogens is 9. The van der Waals surface area contributed by atoms with Gasteiger partial charge in [0, 0.05) is 5.56 Å². The van der Waals surface area contributed by atoms with E-state index in [-0.39, 0.29) is 11.8 Å². The fraction of sp³-hybridized carbons (Fsp3) is 0.188. The Balaban J connectivity index is 2.33. The summed E-state index contributed by atoms with van der Waals surface area (Å²) in [6.07, 6.45) is -10.8. The third kappa shape index (κ3) is 5.03. The van der Waals surface area contributed by atoms with Crippen molar-refractivity contribution < 1.29 is 49.4 Å². The molecule has 0 atom stereocenters. The van der Waals surface area contributed by atoms with Crippen molar-refractivity contribution in [2.24, 2.45) is 0 Å². The molecule has 0 heterocycles. The topological polar surface area (TPSA) is 35.5 Å². The second kappa shape index (κ2) is 7.46. The van der Waals surface area contributed by atoms with Crippen LogP contribution in [0.1, 0.15) is 15.9 Å². The Morgan fingerprint density at radius 3 is 1.82 bits per heavy atom. The summed E-state index contributed by atoms with van der Waals surface area (Å²) in [4.78, 5) is 11.4. The van der Waals surface area contributed by atoms with E-state index in [9.17, 15) is 39.9 Å². The second-order valence-corrected chi connectivity index (χ2v) is 5.52. The Bertz CT molecular complexity index is 860. The molecule has 0 spiro atoms. The lowest BCUT2D eigenvalue weighted by atomic mass is 10.0. The van der Waals surface area contributed by atoms with E-state index in [2.05, 4.69) is 4.74 Å². The van der Waals surface area contributed by atoms with Crippen LogP contribution in [0.5, 0.6) is 17.2 Å². The van der Waals surface area contributed by atoms with Gasteiger partial charge in [0.1, 0.15) is 17.2 Å². The summed E-state index contributed by atoms with van der Waals surface area (Å²) >= 11 is 5.22. The van der Waals surface area contributed by atoms with E-state index in [0.717, 1.165) is 24.3 Å². The maximum atomic E-state index is 13.4. The van der Waals surface area contributed by atoms with Crippen molar-refractivity contribution in [1.82, 2.24) is 0 Å². The van der Waals surface area contributed by atoms with E-state index >= 15 is 0 Å². The minimum absolute atomic E-state index is 0.163. The molecule has 0 amide bonds. The van der Waals surface area contributed by atoms with Gasteiger partial charge < -0.3 is 9.47 Å². The van der Waals surface area contributed by atoms with Crippen molar-refractivity contribution in [3.8, 4) is 17.2 Å². The van der Waals surface area contributed by atoms with Crippen LogP contribution in [0.3, 0.4) is 0 Å². The van der Waals surface area contributed by atoms with Gasteiger partial charge in [0.15, 0.2) is 0 Å². The van der Waals surface area contributed by atoms with Crippen molar-refractivity contribution in [1.29, 1.82) is 0 Å². The van der Waals surface area contributed by atoms with Gasteiger partial charge in [0.05, 0.1) is 5.56 Å². The summed E-state index contributed by atoms with van der Waals surface area (Å²) in [5.41, 5.74) is -2.33. The molecule has 0 saturated heterocycles. The van der Waals surface area contributed by atoms with Crippen LogP contribution in [0.2, 0.25) is 0 Å². The standard InChI is InChI=1S/C16H7ClF8O3/c17-13(26)11-7-8(14(18,19)15(20,21)22)1-6-12(11)27-9-2-4-10(5-3-9)28-16(23,24)25/h1-7H. The maximum absolute atomic E-state index is 13.4. The SMILES string of the molecule is O=C(Cl)c1cc(C(F)(F)C(F)(F)F)ccc1Oc1ccc(OC(F)(F)F)cc1. The zero-order valence-corrected chi connectivity index (χ0v) is 13.9. The Hall–Kier alpha value is -2.56. The molecule has 0 radical (unpaired) electrons. The molecule has 0 fully saturated rings. The molecule has 0 N–H and O–H groups in total. The quantitative estimate of drug-likeness (QED) is 0.403. The van der Waals surface area contributed by atoms with Crippen molar-refractivity contribution in [2.45, 2.75) is 18.5 Å². The first-order valence-electron chi connectivity index (χ1n) is 7.03. The average Bonchev–Trinajstić information content (AvgIpc) is 2.54. The molecule has 0 bridgehead atoms. The van der Waals surface area contributed by atoms with Crippen molar-refractivity contribution in [3.63, 3.8) is 0 Å². The molecule has 0 aliphatic heterocycles. The van der Waals surface area contributed by atoms with E-state index in [1.54, 1.807) is 0 Å². The molecule has 0 aliphatic carbocycles. The van der Waals surface area contributed by atoms with E-state index in [0.29, 0.717) is 12.1 Å². The smallest absolute Gasteiger partial charge is 0.457 e. The third-order valence-corrected chi connectivity index (χ3v) is 3.40. The fourth-order valence-corrected chi connectivity index (χ4v) is 2.12. The zero-order valence-electron chi connectivity index (χ0n) is 13.2. The Labute approximate surface area is 156 Å². The Morgan fingerprint density at radius 1 is 0.821 bits per heavy atom. The van der Waals surface area contributed by atoms with Crippen LogP contribution in [0, 0.1) is 0 Å². The summed E-state index contributed by atoms with van der Waals surface area (Å²) in [6, 6.07) is 4.95. The number of benzene rings is 2. The summed E-state index contributed by atoms with van der Waals surface area (Å²) in [7, 11) is 0. The molecular weight excluding hydrogens is 428 g/mol. The zero-order chi connectivity index (χ0) is 21.3. The van der Waals surface area contributed by atoms with E-state index in [1.807, 2.05) is 0 Å². The van der Waals surface area contributed by atoms with Crippen molar-refractivity contribution >= 4 is 16.8 Å². The van der Waals surface area contributed by atoms with Crippen LogP contribution in [-0.2, 0) is 5.92 Å². The molecule has 0 saturated carbocycles. The molecule has 2 aromatic rings. The lowest BCUT2D eigenvalue weighted by molar-refractivity contribution is -0.289. The van der Waals surface area contributed by atoms with Gasteiger partial charge in [0.25, 0.3) is 5.24 Å². The highest BCUT2D eigenvalue weighted by Crippen LogP contribution is 2.45. The monoisotopic (exact) mass is 434 g/mol. The van der Waals surface area contributed by atoms with Gasteiger partial charge in [-0.25, -0.2) is 0 Å². The highest BCUT2D eigenvalue weighted by atomic mass is 35.5. The van der Waals surface area contributed by atoms with Crippen LogP contribution in [-0.4, -0.2) is 17.8 Å². The van der Waals surface area contributed by atoms with Gasteiger partial charge in [-0.1, -0.05) is 0 Å². The van der Waals surface area contributed by atoms with Crippen LogP contribution < -0.4 is 9.47 Å². The minimum atomic E-state index is -5.91. The molecule has 3 nitrogen and oxygen atoms in total. The molecule has 152 valence electrons. The van der Waals surface area contributed by atoms with Gasteiger partial charge in [-0.15, -0.1) is 13.2 Å². The number of alkyl halides is 8. The second-order valence-electron chi connectivity index (χ2n) is 5.18. The molecule has 0 unspecified atom stereocenters. The molecule has 28 heavy (non-hydrogen) atoms. The Kier molecular flexibility index (Phi) is 5.79. The summed E-state index contributed by atoms with van der Waals surface area (Å²) in [6.45, 7) is 0. The molecular formula is C16H7ClF8O3. The van der Waals surface area contributed by atoms with Gasteiger partial charge in [-0.3, -0.25) is 4.79 Å². The summed E-state index contributed by atoms with van der Waals surface area (Å²) in [5.74, 6) is -6.48. The minimum Gasteiger partial charge on any atom is -0.457 e. The number of hydrogen-bond acceptors (Lipinski definition) is 3. The van der Waals surface area contributed by atoms with Crippen LogP contribution in [0.4, 0.5) is 35.1 Å². The number of ether oxygens (including phenoxy) is 2. The number of rotatable bonds is 5. The normalized spacial score (nSPS) is 12.6. The first kappa shape index (κ1) is 21.7. The summed E-state index contributed by atoms with van der Waals surface area (Å²) in [5, 5.41) is -1.38. The average molecular weight is 435 g/mol. The predicted octanol–water partition coefficient (Wildman–Crippen LogP) is 6.41. The van der Waals surface area contributed by atoms with Crippen LogP contribution >= 0.6 is 11.6 Å². The summed E-state index contributed by atoms with van der Waals surface area (Å²) < 4.78 is 109. The van der Waals surface area contributed by atoms with Gasteiger partial charge in [0.2, 0.25) is 0 Å². The van der Waals surface area contributed by atoms with Crippen molar-refractivity contribution in [2.75, 3.05) is 0 Å². The molecule has 2 aromatic carbocycles. The number of hydrogen-bond donors (Lipinski definition) is 0.